The van der Waals surface area contributed by atoms with Crippen LogP contribution >= 0.6 is 11.6 Å². The normalized spacial score (nSPS) is 23.6. The number of hydrogen-bond acceptors (Lipinski definition) is 5. The van der Waals surface area contributed by atoms with Gasteiger partial charge >= 0.3 is 5.69 Å². The summed E-state index contributed by atoms with van der Waals surface area (Å²) in [7, 11) is 0. The average molecular weight is 414 g/mol. The van der Waals surface area contributed by atoms with Gasteiger partial charge in [0.05, 0.1) is 13.1 Å². The molecule has 1 saturated heterocycles. The number of carbonyl (C=O) groups excluding carboxylic acids is 1. The van der Waals surface area contributed by atoms with Crippen molar-refractivity contribution in [3.05, 3.63) is 45.4 Å². The largest absolute Gasteiger partial charge is 0.385 e. The zero-order valence-electron chi connectivity index (χ0n) is 14.8. The monoisotopic (exact) mass is 413 g/mol. The van der Waals surface area contributed by atoms with Crippen molar-refractivity contribution in [1.82, 2.24) is 24.2 Å². The number of aliphatic hydroxyl groups excluding tert-OH is 1. The fraction of sp³-hybridized carbons (Fsp3) is 0.529. The number of amides is 1. The van der Waals surface area contributed by atoms with Gasteiger partial charge in [0.15, 0.2) is 5.82 Å². The molecule has 2 aliphatic heterocycles. The van der Waals surface area contributed by atoms with E-state index in [0.717, 1.165) is 14.1 Å². The number of alkyl halides is 2. The molecule has 0 radical (unpaired) electrons. The molecule has 1 amide bonds. The lowest BCUT2D eigenvalue weighted by molar-refractivity contribution is -0.136. The van der Waals surface area contributed by atoms with Gasteiger partial charge in [0.25, 0.3) is 5.92 Å². The maximum Gasteiger partial charge on any atom is 0.347 e. The minimum Gasteiger partial charge on any atom is -0.385 e. The van der Waals surface area contributed by atoms with E-state index in [4.69, 9.17) is 11.6 Å². The van der Waals surface area contributed by atoms with Crippen molar-refractivity contribution >= 4 is 17.5 Å². The highest BCUT2D eigenvalue weighted by Crippen LogP contribution is 2.33. The molecule has 0 aromatic carbocycles. The smallest absolute Gasteiger partial charge is 0.347 e. The van der Waals surface area contributed by atoms with Crippen LogP contribution in [-0.4, -0.2) is 54.3 Å². The molecule has 2 aromatic heterocycles. The molecule has 4 heterocycles. The Morgan fingerprint density at radius 2 is 2.14 bits per heavy atom. The summed E-state index contributed by atoms with van der Waals surface area (Å²) in [6.45, 7) is -0.627. The summed E-state index contributed by atoms with van der Waals surface area (Å²) in [5, 5.41) is 14.7. The Kier molecular flexibility index (Phi) is 4.70. The van der Waals surface area contributed by atoms with E-state index < -0.39 is 42.6 Å². The molecule has 28 heavy (non-hydrogen) atoms. The Labute approximate surface area is 163 Å². The van der Waals surface area contributed by atoms with Crippen LogP contribution in [0.5, 0.6) is 0 Å². The molecule has 4 rings (SSSR count). The van der Waals surface area contributed by atoms with E-state index in [0.29, 0.717) is 10.7 Å². The van der Waals surface area contributed by atoms with Crippen molar-refractivity contribution in [2.75, 3.05) is 13.1 Å². The van der Waals surface area contributed by atoms with Gasteiger partial charge < -0.3 is 10.0 Å². The van der Waals surface area contributed by atoms with E-state index in [1.807, 2.05) is 0 Å². The second-order valence-corrected chi connectivity index (χ2v) is 7.52. The van der Waals surface area contributed by atoms with Gasteiger partial charge in [0.2, 0.25) is 5.91 Å². The number of aromatic nitrogens is 4. The maximum absolute atomic E-state index is 13.5. The Bertz CT molecular complexity index is 959. The molecule has 2 aromatic rings. The molecule has 0 spiro atoms. The molecule has 11 heteroatoms. The molecule has 1 fully saturated rings. The number of aliphatic hydroxyl groups is 1. The molecule has 1 N–H and O–H groups in total. The first-order chi connectivity index (χ1) is 13.2. The first kappa shape index (κ1) is 19.0. The van der Waals surface area contributed by atoms with Crippen molar-refractivity contribution < 1.29 is 18.7 Å². The van der Waals surface area contributed by atoms with Crippen molar-refractivity contribution in [3.63, 3.8) is 0 Å². The van der Waals surface area contributed by atoms with Crippen molar-refractivity contribution in [2.24, 2.45) is 0 Å². The van der Waals surface area contributed by atoms with Gasteiger partial charge in [-0.25, -0.2) is 23.2 Å². The Morgan fingerprint density at radius 1 is 1.36 bits per heavy atom. The summed E-state index contributed by atoms with van der Waals surface area (Å²) in [4.78, 5) is 30.7. The van der Waals surface area contributed by atoms with E-state index >= 15 is 0 Å². The molecule has 0 bridgehead atoms. The minimum absolute atomic E-state index is 0.0560. The van der Waals surface area contributed by atoms with Crippen molar-refractivity contribution in [2.45, 2.75) is 43.9 Å². The fourth-order valence-electron chi connectivity index (χ4n) is 3.68. The number of halogens is 3. The SMILES string of the molecule is O=C([C@@H]1CC[C@@H](O)c2nn(Cc3ccc(Cl)nc3)c(=O)n21)N1CCC(F)(F)C1. The lowest BCUT2D eigenvalue weighted by Gasteiger charge is -2.29. The van der Waals surface area contributed by atoms with Crippen LogP contribution in [0.4, 0.5) is 8.78 Å². The maximum atomic E-state index is 13.5. The van der Waals surface area contributed by atoms with Crippen LogP contribution in [0.25, 0.3) is 0 Å². The second-order valence-electron chi connectivity index (χ2n) is 7.13. The van der Waals surface area contributed by atoms with Crippen molar-refractivity contribution in [1.29, 1.82) is 0 Å². The zero-order chi connectivity index (χ0) is 20.1. The summed E-state index contributed by atoms with van der Waals surface area (Å²) >= 11 is 5.76. The van der Waals surface area contributed by atoms with Crippen LogP contribution in [0.1, 0.15) is 42.8 Å². The van der Waals surface area contributed by atoms with Crippen molar-refractivity contribution in [3.8, 4) is 0 Å². The highest BCUT2D eigenvalue weighted by molar-refractivity contribution is 6.29. The number of pyridine rings is 1. The van der Waals surface area contributed by atoms with Crippen LogP contribution in [0.15, 0.2) is 23.1 Å². The lowest BCUT2D eigenvalue weighted by Crippen LogP contribution is -2.43. The summed E-state index contributed by atoms with van der Waals surface area (Å²) in [5.41, 5.74) is 0.0894. The average Bonchev–Trinajstić information content (AvgIpc) is 3.18. The van der Waals surface area contributed by atoms with E-state index in [1.165, 1.54) is 6.20 Å². The molecule has 150 valence electrons. The number of nitrogens with zero attached hydrogens (tertiary/aromatic N) is 5. The first-order valence-corrected chi connectivity index (χ1v) is 9.27. The molecule has 0 unspecified atom stereocenters. The first-order valence-electron chi connectivity index (χ1n) is 8.89. The zero-order valence-corrected chi connectivity index (χ0v) is 15.5. The Balaban J connectivity index is 1.65. The number of rotatable bonds is 3. The number of fused-ring (bicyclic) bond motifs is 1. The fourth-order valence-corrected chi connectivity index (χ4v) is 3.79. The van der Waals surface area contributed by atoms with Crippen LogP contribution in [0.2, 0.25) is 5.15 Å². The van der Waals surface area contributed by atoms with Gasteiger partial charge in [-0.15, -0.1) is 0 Å². The van der Waals surface area contributed by atoms with Crippen LogP contribution < -0.4 is 5.69 Å². The Morgan fingerprint density at radius 3 is 2.79 bits per heavy atom. The molecule has 0 aliphatic carbocycles. The summed E-state index contributed by atoms with van der Waals surface area (Å²) in [5.74, 6) is -3.38. The number of carbonyl (C=O) groups is 1. The predicted octanol–water partition coefficient (Wildman–Crippen LogP) is 1.38. The number of hydrogen-bond donors (Lipinski definition) is 1. The third kappa shape index (κ3) is 3.42. The summed E-state index contributed by atoms with van der Waals surface area (Å²) in [6, 6.07) is 2.31. The third-order valence-electron chi connectivity index (χ3n) is 5.11. The quantitative estimate of drug-likeness (QED) is 0.767. The molecule has 0 saturated carbocycles. The van der Waals surface area contributed by atoms with Gasteiger partial charge in [-0.3, -0.25) is 9.36 Å². The van der Waals surface area contributed by atoms with E-state index in [2.05, 4.69) is 10.1 Å². The van der Waals surface area contributed by atoms with E-state index in [-0.39, 0.29) is 31.8 Å². The lowest BCUT2D eigenvalue weighted by atomic mass is 10.0. The molecule has 2 aliphatic rings. The standard InChI is InChI=1S/C17H18ClF2N5O3/c18-13-4-1-10(7-21-13)8-24-16(28)25-11(2-3-12(26)14(25)22-24)15(27)23-6-5-17(19,20)9-23/h1,4,7,11-12,26H,2-3,5-6,8-9H2/t11-,12+/m0/s1. The van der Waals surface area contributed by atoms with Gasteiger partial charge in [0.1, 0.15) is 17.3 Å². The van der Waals surface area contributed by atoms with Gasteiger partial charge in [-0.05, 0) is 24.5 Å². The van der Waals surface area contributed by atoms with Crippen LogP contribution in [-0.2, 0) is 11.3 Å². The predicted molar refractivity (Wildman–Crippen MR) is 94.2 cm³/mol. The molecular formula is C17H18ClF2N5O3. The highest BCUT2D eigenvalue weighted by Gasteiger charge is 2.44. The second kappa shape index (κ2) is 6.93. The van der Waals surface area contributed by atoms with Crippen LogP contribution in [0.3, 0.4) is 0 Å². The number of likely N-dealkylation sites (tertiary alicyclic amines) is 1. The molecule has 2 atom stereocenters. The summed E-state index contributed by atoms with van der Waals surface area (Å²) < 4.78 is 29.3. The summed E-state index contributed by atoms with van der Waals surface area (Å²) in [6.07, 6.45) is 0.515. The van der Waals surface area contributed by atoms with Gasteiger partial charge in [0, 0.05) is 19.2 Å². The van der Waals surface area contributed by atoms with E-state index in [1.54, 1.807) is 12.1 Å². The van der Waals surface area contributed by atoms with E-state index in [9.17, 15) is 23.5 Å². The Hall–Kier alpha value is -2.33. The molecule has 8 nitrogen and oxygen atoms in total. The molecular weight excluding hydrogens is 396 g/mol. The van der Waals surface area contributed by atoms with Crippen LogP contribution in [0, 0.1) is 0 Å². The topological polar surface area (TPSA) is 93.2 Å². The third-order valence-corrected chi connectivity index (χ3v) is 5.33. The minimum atomic E-state index is -2.91. The van der Waals surface area contributed by atoms with Gasteiger partial charge in [-0.2, -0.15) is 5.10 Å². The highest BCUT2D eigenvalue weighted by atomic mass is 35.5. The van der Waals surface area contributed by atoms with Gasteiger partial charge in [-0.1, -0.05) is 17.7 Å².